The minimum atomic E-state index is -0.454. The molecule has 0 amide bonds. The summed E-state index contributed by atoms with van der Waals surface area (Å²) in [5.74, 6) is 0.670. The summed E-state index contributed by atoms with van der Waals surface area (Å²) in [7, 11) is 0. The average molecular weight is 341 g/mol. The van der Waals surface area contributed by atoms with Gasteiger partial charge in [-0.05, 0) is 12.8 Å². The zero-order chi connectivity index (χ0) is 17.6. The Hall–Kier alpha value is -2.51. The van der Waals surface area contributed by atoms with Crippen molar-refractivity contribution in [1.29, 1.82) is 0 Å². The molecule has 8 heteroatoms. The third-order valence-electron chi connectivity index (χ3n) is 3.84. The van der Waals surface area contributed by atoms with E-state index >= 15 is 0 Å². The van der Waals surface area contributed by atoms with Gasteiger partial charge in [0, 0.05) is 37.9 Å². The maximum Gasteiger partial charge on any atom is 0.351 e. The quantitative estimate of drug-likeness (QED) is 0.775. The van der Waals surface area contributed by atoms with E-state index in [1.165, 1.54) is 0 Å². The molecular formula is C17H23N7O. The van der Waals surface area contributed by atoms with E-state index in [-0.39, 0.29) is 5.95 Å². The van der Waals surface area contributed by atoms with Crippen molar-refractivity contribution in [3.8, 4) is 0 Å². The van der Waals surface area contributed by atoms with Crippen molar-refractivity contribution in [2.24, 2.45) is 0 Å². The summed E-state index contributed by atoms with van der Waals surface area (Å²) in [5, 5.41) is 0. The largest absolute Gasteiger partial charge is 0.351 e. The Morgan fingerprint density at radius 1 is 0.920 bits per heavy atom. The fraction of sp³-hybridized carbons (Fsp3) is 0.471. The van der Waals surface area contributed by atoms with Crippen LogP contribution in [0, 0.1) is 13.3 Å². The van der Waals surface area contributed by atoms with E-state index < -0.39 is 5.69 Å². The number of aromatic amines is 1. The highest BCUT2D eigenvalue weighted by molar-refractivity contribution is 5.47. The first kappa shape index (κ1) is 17.3. The molecule has 0 fully saturated rings. The van der Waals surface area contributed by atoms with Crippen LogP contribution >= 0.6 is 0 Å². The molecular weight excluding hydrogens is 318 g/mol. The van der Waals surface area contributed by atoms with Gasteiger partial charge >= 0.3 is 5.69 Å². The summed E-state index contributed by atoms with van der Waals surface area (Å²) in [6.45, 7) is 12.3. The second-order valence-electron chi connectivity index (χ2n) is 5.91. The van der Waals surface area contributed by atoms with E-state index in [0.717, 1.165) is 38.8 Å². The number of H-pyrrole nitrogens is 1. The number of nitrogens with zero attached hydrogens (tertiary/aromatic N) is 6. The second kappa shape index (κ2) is 8.04. The molecule has 2 aliphatic heterocycles. The predicted molar refractivity (Wildman–Crippen MR) is 95.6 cm³/mol. The SMILES string of the molecule is CCCCN1[C]N(c2nc(N3[C]N(CCCC)C=C3)[nH]c(=O)n2)C=C1. The van der Waals surface area contributed by atoms with Gasteiger partial charge in [0.05, 0.1) is 0 Å². The number of hydrogen-bond acceptors (Lipinski definition) is 7. The molecule has 4 radical (unpaired) electrons. The Bertz CT molecular complexity index is 631. The van der Waals surface area contributed by atoms with Crippen LogP contribution in [0.2, 0.25) is 0 Å². The lowest BCUT2D eigenvalue weighted by molar-refractivity contribution is 0.449. The molecule has 25 heavy (non-hydrogen) atoms. The standard InChI is InChI=1S/C17H23N7O/c1-3-5-7-21-9-11-23(13-21)15-18-16(20-17(25)19-15)24-12-10-22(14-24)8-6-4-2/h9-12H,3-8H2,1-2H3,(H,18,19,20,25). The third kappa shape index (κ3) is 4.32. The van der Waals surface area contributed by atoms with Crippen molar-refractivity contribution in [2.75, 3.05) is 22.9 Å². The normalized spacial score (nSPS) is 16.6. The van der Waals surface area contributed by atoms with Gasteiger partial charge in [-0.2, -0.15) is 9.97 Å². The molecule has 3 heterocycles. The Labute approximate surface area is 148 Å². The van der Waals surface area contributed by atoms with Crippen LogP contribution in [0.1, 0.15) is 39.5 Å². The number of hydrogen-bond donors (Lipinski definition) is 1. The van der Waals surface area contributed by atoms with Gasteiger partial charge in [0.1, 0.15) is 0 Å². The second-order valence-corrected chi connectivity index (χ2v) is 5.91. The van der Waals surface area contributed by atoms with E-state index in [2.05, 4.69) is 42.1 Å². The van der Waals surface area contributed by atoms with Gasteiger partial charge in [0.15, 0.2) is 0 Å². The van der Waals surface area contributed by atoms with Crippen molar-refractivity contribution < 1.29 is 0 Å². The molecule has 0 aliphatic carbocycles. The zero-order valence-corrected chi connectivity index (χ0v) is 14.6. The molecule has 0 unspecified atom stereocenters. The topological polar surface area (TPSA) is 71.6 Å². The summed E-state index contributed by atoms with van der Waals surface area (Å²) in [5.41, 5.74) is -0.454. The van der Waals surface area contributed by atoms with Gasteiger partial charge in [-0.15, -0.1) is 0 Å². The number of rotatable bonds is 8. The van der Waals surface area contributed by atoms with Crippen LogP contribution in [0.15, 0.2) is 29.6 Å². The summed E-state index contributed by atoms with van der Waals surface area (Å²) in [6.07, 6.45) is 11.8. The van der Waals surface area contributed by atoms with Gasteiger partial charge in [-0.3, -0.25) is 14.8 Å². The molecule has 0 atom stereocenters. The first-order valence-corrected chi connectivity index (χ1v) is 8.69. The van der Waals surface area contributed by atoms with Crippen molar-refractivity contribution in [3.63, 3.8) is 0 Å². The Morgan fingerprint density at radius 2 is 1.52 bits per heavy atom. The molecule has 0 bridgehead atoms. The van der Waals surface area contributed by atoms with E-state index in [1.807, 2.05) is 28.4 Å². The molecule has 1 aromatic heterocycles. The van der Waals surface area contributed by atoms with Crippen LogP contribution < -0.4 is 15.5 Å². The van der Waals surface area contributed by atoms with Gasteiger partial charge in [-0.1, -0.05) is 26.7 Å². The first-order valence-electron chi connectivity index (χ1n) is 8.69. The molecule has 132 valence electrons. The number of anilines is 2. The fourth-order valence-corrected chi connectivity index (χ4v) is 2.42. The lowest BCUT2D eigenvalue weighted by Gasteiger charge is -2.19. The van der Waals surface area contributed by atoms with E-state index in [9.17, 15) is 4.79 Å². The van der Waals surface area contributed by atoms with Crippen molar-refractivity contribution in [2.45, 2.75) is 39.5 Å². The minimum Gasteiger partial charge on any atom is -0.346 e. The molecule has 1 N–H and O–H groups in total. The van der Waals surface area contributed by atoms with E-state index in [4.69, 9.17) is 0 Å². The minimum absolute atomic E-state index is 0.288. The first-order chi connectivity index (χ1) is 12.2. The van der Waals surface area contributed by atoms with Crippen LogP contribution in [0.4, 0.5) is 11.9 Å². The molecule has 1 aromatic rings. The summed E-state index contributed by atoms with van der Waals surface area (Å²) >= 11 is 0. The molecule has 0 spiro atoms. The smallest absolute Gasteiger partial charge is 0.346 e. The predicted octanol–water partition coefficient (Wildman–Crippen LogP) is 1.94. The third-order valence-corrected chi connectivity index (χ3v) is 3.84. The van der Waals surface area contributed by atoms with Gasteiger partial charge in [-0.25, -0.2) is 4.79 Å². The van der Waals surface area contributed by atoms with E-state index in [1.54, 1.807) is 16.0 Å². The van der Waals surface area contributed by atoms with Crippen LogP contribution in [-0.2, 0) is 0 Å². The van der Waals surface area contributed by atoms with E-state index in [0.29, 0.717) is 5.95 Å². The molecule has 0 saturated heterocycles. The molecule has 3 rings (SSSR count). The van der Waals surface area contributed by atoms with Crippen LogP contribution in [0.5, 0.6) is 0 Å². The highest BCUT2D eigenvalue weighted by Crippen LogP contribution is 2.22. The average Bonchev–Trinajstić information content (AvgIpc) is 3.27. The highest BCUT2D eigenvalue weighted by Gasteiger charge is 2.22. The van der Waals surface area contributed by atoms with Crippen LogP contribution in [0.25, 0.3) is 0 Å². The maximum atomic E-state index is 11.9. The number of aromatic nitrogens is 3. The summed E-state index contributed by atoms with van der Waals surface area (Å²) < 4.78 is 0. The molecule has 0 saturated carbocycles. The van der Waals surface area contributed by atoms with Gasteiger partial charge in [0.25, 0.3) is 0 Å². The van der Waals surface area contributed by atoms with Crippen molar-refractivity contribution in [3.05, 3.63) is 48.6 Å². The van der Waals surface area contributed by atoms with Crippen LogP contribution in [0.3, 0.4) is 0 Å². The molecule has 0 aromatic carbocycles. The van der Waals surface area contributed by atoms with Crippen molar-refractivity contribution in [1.82, 2.24) is 24.8 Å². The number of nitrogens with one attached hydrogen (secondary N) is 1. The summed E-state index contributed by atoms with van der Waals surface area (Å²) in [4.78, 5) is 30.1. The molecule has 8 nitrogen and oxygen atoms in total. The Morgan fingerprint density at radius 3 is 2.16 bits per heavy atom. The molecule has 2 aliphatic rings. The number of unbranched alkanes of at least 4 members (excludes halogenated alkanes) is 2. The van der Waals surface area contributed by atoms with Crippen molar-refractivity contribution >= 4 is 11.9 Å². The maximum absolute atomic E-state index is 11.9. The fourth-order valence-electron chi connectivity index (χ4n) is 2.42. The monoisotopic (exact) mass is 341 g/mol. The highest BCUT2D eigenvalue weighted by atomic mass is 16.1. The lowest BCUT2D eigenvalue weighted by atomic mass is 10.3. The Balaban J connectivity index is 1.67. The lowest BCUT2D eigenvalue weighted by Crippen LogP contribution is -2.28. The zero-order valence-electron chi connectivity index (χ0n) is 14.6. The Kier molecular flexibility index (Phi) is 5.57. The van der Waals surface area contributed by atoms with Gasteiger partial charge in [0.2, 0.25) is 25.2 Å². The summed E-state index contributed by atoms with van der Waals surface area (Å²) in [6, 6.07) is 0. The van der Waals surface area contributed by atoms with Crippen LogP contribution in [-0.4, -0.2) is 37.8 Å². The van der Waals surface area contributed by atoms with Gasteiger partial charge < -0.3 is 9.80 Å².